The van der Waals surface area contributed by atoms with E-state index in [0.717, 1.165) is 77.7 Å². The van der Waals surface area contributed by atoms with Crippen molar-refractivity contribution >= 4 is 27.6 Å². The number of rotatable bonds is 8. The van der Waals surface area contributed by atoms with Gasteiger partial charge in [-0.15, -0.1) is 0 Å². The second-order valence-corrected chi connectivity index (χ2v) is 10.5. The van der Waals surface area contributed by atoms with E-state index in [1.54, 1.807) is 0 Å². The maximum absolute atomic E-state index is 6.27. The van der Waals surface area contributed by atoms with Crippen LogP contribution in [0.1, 0.15) is 58.8 Å². The minimum absolute atomic E-state index is 0. The topological polar surface area (TPSA) is 120 Å². The van der Waals surface area contributed by atoms with E-state index in [1.807, 2.05) is 25.1 Å². The van der Waals surface area contributed by atoms with E-state index < -0.39 is 0 Å². The molecular weight excluding hydrogens is 508 g/mol. The van der Waals surface area contributed by atoms with E-state index in [4.69, 9.17) is 20.5 Å². The third-order valence-electron chi connectivity index (χ3n) is 6.90. The average Bonchev–Trinajstić information content (AvgIpc) is 3.23. The Morgan fingerprint density at radius 1 is 1.29 bits per heavy atom. The number of allylic oxidation sites excluding steroid dienone is 2. The molecule has 35 heavy (non-hydrogen) atoms. The molecule has 0 aromatic carbocycles. The standard InChI is InChI=1S/C26H37BrN6O.H2O/c1-5-34-25(22-7-6-8-23(27)30-22)19-9-10-21-24(17(19)4)32-26(31-21)29-18-11-13-33(14-12-18)15-20(28)16(2)3;/h6-9,16,18,20,25H,5,10-15,28H2,1-4H3,(H,29,32);1H2. The lowest BCUT2D eigenvalue weighted by atomic mass is 9.90. The Kier molecular flexibility index (Phi) is 9.77. The van der Waals surface area contributed by atoms with E-state index in [2.05, 4.69) is 58.0 Å². The van der Waals surface area contributed by atoms with Gasteiger partial charge in [-0.05, 0) is 71.8 Å². The van der Waals surface area contributed by atoms with Crippen molar-refractivity contribution in [3.05, 3.63) is 51.4 Å². The van der Waals surface area contributed by atoms with Gasteiger partial charge in [-0.2, -0.15) is 0 Å². The highest BCUT2D eigenvalue weighted by Crippen LogP contribution is 2.36. The number of nitrogens with one attached hydrogen (secondary N) is 1. The van der Waals surface area contributed by atoms with Crippen molar-refractivity contribution < 1.29 is 10.2 Å². The van der Waals surface area contributed by atoms with Gasteiger partial charge in [-0.3, -0.25) is 0 Å². The van der Waals surface area contributed by atoms with Crippen molar-refractivity contribution in [3.8, 4) is 0 Å². The summed E-state index contributed by atoms with van der Waals surface area (Å²) in [4.78, 5) is 16.9. The van der Waals surface area contributed by atoms with Crippen molar-refractivity contribution in [3.63, 3.8) is 0 Å². The molecule has 9 heteroatoms. The lowest BCUT2D eigenvalue weighted by Crippen LogP contribution is -2.45. The molecule has 2 atom stereocenters. The predicted molar refractivity (Wildman–Crippen MR) is 146 cm³/mol. The highest BCUT2D eigenvalue weighted by molar-refractivity contribution is 9.10. The Hall–Kier alpha value is -1.91. The highest BCUT2D eigenvalue weighted by Gasteiger charge is 2.30. The van der Waals surface area contributed by atoms with Gasteiger partial charge in [0.25, 0.3) is 0 Å². The van der Waals surface area contributed by atoms with Crippen LogP contribution in [0.2, 0.25) is 0 Å². The number of aromatic nitrogens is 1. The first-order valence-corrected chi connectivity index (χ1v) is 13.2. The number of ether oxygens (including phenoxy) is 1. The molecule has 0 spiro atoms. The predicted octanol–water partition coefficient (Wildman–Crippen LogP) is 3.55. The first kappa shape index (κ1) is 27.7. The number of guanidine groups is 1. The molecule has 192 valence electrons. The molecule has 3 aliphatic rings. The first-order chi connectivity index (χ1) is 16.4. The molecule has 1 aromatic heterocycles. The molecule has 8 nitrogen and oxygen atoms in total. The van der Waals surface area contributed by atoms with Crippen molar-refractivity contribution in [1.29, 1.82) is 0 Å². The zero-order valence-electron chi connectivity index (χ0n) is 21.2. The molecule has 2 aliphatic heterocycles. The van der Waals surface area contributed by atoms with E-state index >= 15 is 0 Å². The van der Waals surface area contributed by atoms with Crippen molar-refractivity contribution in [1.82, 2.24) is 15.2 Å². The van der Waals surface area contributed by atoms with Gasteiger partial charge in [-0.25, -0.2) is 15.0 Å². The maximum atomic E-state index is 6.27. The third kappa shape index (κ3) is 6.65. The van der Waals surface area contributed by atoms with Crippen LogP contribution in [0.5, 0.6) is 0 Å². The van der Waals surface area contributed by atoms with Gasteiger partial charge in [0.15, 0.2) is 0 Å². The number of fused-ring (bicyclic) bond motifs is 1. The number of hydrogen-bond donors (Lipinski definition) is 2. The van der Waals surface area contributed by atoms with Crippen LogP contribution < -0.4 is 11.1 Å². The quantitative estimate of drug-likeness (QED) is 0.483. The Morgan fingerprint density at radius 3 is 2.69 bits per heavy atom. The van der Waals surface area contributed by atoms with Gasteiger partial charge < -0.3 is 26.2 Å². The highest BCUT2D eigenvalue weighted by atomic mass is 79.9. The first-order valence-electron chi connectivity index (χ1n) is 12.4. The molecular formula is C26H39BrN6O2. The SMILES string of the molecule is CCOC(C1=CCC2=NC(=NC3CCN(CC(N)C(C)C)CC3)NC2=C1C)c1cccc(Br)n1.O. The second kappa shape index (κ2) is 12.4. The van der Waals surface area contributed by atoms with E-state index in [-0.39, 0.29) is 17.6 Å². The van der Waals surface area contributed by atoms with E-state index in [1.165, 1.54) is 0 Å². The fourth-order valence-corrected chi connectivity index (χ4v) is 5.06. The monoisotopic (exact) mass is 546 g/mol. The van der Waals surface area contributed by atoms with Crippen LogP contribution in [0.4, 0.5) is 0 Å². The summed E-state index contributed by atoms with van der Waals surface area (Å²) in [6, 6.07) is 6.48. The largest absolute Gasteiger partial charge is 0.412 e. The van der Waals surface area contributed by atoms with Crippen LogP contribution in [0.15, 0.2) is 55.7 Å². The summed E-state index contributed by atoms with van der Waals surface area (Å²) in [5, 5.41) is 3.50. The number of halogens is 1. The fourth-order valence-electron chi connectivity index (χ4n) is 4.71. The number of piperidine rings is 1. The normalized spacial score (nSPS) is 21.9. The number of hydrogen-bond acceptors (Lipinski definition) is 5. The molecule has 5 N–H and O–H groups in total. The van der Waals surface area contributed by atoms with Gasteiger partial charge in [0.1, 0.15) is 10.7 Å². The maximum Gasteiger partial charge on any atom is 0.223 e. The molecule has 1 fully saturated rings. The number of nitrogens with zero attached hydrogens (tertiary/aromatic N) is 4. The number of aliphatic imine (C=N–C) groups is 2. The molecule has 0 saturated carbocycles. The fraction of sp³-hybridized carbons (Fsp3) is 0.577. The third-order valence-corrected chi connectivity index (χ3v) is 7.34. The molecule has 1 aromatic rings. The second-order valence-electron chi connectivity index (χ2n) is 9.66. The minimum atomic E-state index is -0.208. The minimum Gasteiger partial charge on any atom is -0.412 e. The molecule has 2 unspecified atom stereocenters. The molecule has 0 bridgehead atoms. The van der Waals surface area contributed by atoms with Gasteiger partial charge in [0.05, 0.1) is 23.1 Å². The number of nitrogens with two attached hydrogens (primary N) is 1. The Morgan fingerprint density at radius 2 is 2.03 bits per heavy atom. The summed E-state index contributed by atoms with van der Waals surface area (Å²) < 4.78 is 6.95. The van der Waals surface area contributed by atoms with Gasteiger partial charge in [0, 0.05) is 38.7 Å². The van der Waals surface area contributed by atoms with Gasteiger partial charge in [-0.1, -0.05) is 26.0 Å². The number of likely N-dealkylation sites (tertiary alicyclic amines) is 1. The Labute approximate surface area is 217 Å². The van der Waals surface area contributed by atoms with Crippen LogP contribution in [0.3, 0.4) is 0 Å². The molecule has 4 rings (SSSR count). The molecule has 1 aliphatic carbocycles. The summed E-state index contributed by atoms with van der Waals surface area (Å²) in [6.07, 6.45) is 4.87. The van der Waals surface area contributed by atoms with Crippen molar-refractivity contribution in [2.24, 2.45) is 21.6 Å². The van der Waals surface area contributed by atoms with E-state index in [0.29, 0.717) is 18.6 Å². The summed E-state index contributed by atoms with van der Waals surface area (Å²) in [7, 11) is 0. The number of pyridine rings is 1. The molecule has 0 radical (unpaired) electrons. The van der Waals surface area contributed by atoms with Crippen LogP contribution in [0.25, 0.3) is 0 Å². The van der Waals surface area contributed by atoms with Gasteiger partial charge in [0.2, 0.25) is 5.96 Å². The van der Waals surface area contributed by atoms with Crippen LogP contribution in [-0.4, -0.2) is 65.4 Å². The average molecular weight is 548 g/mol. The van der Waals surface area contributed by atoms with Crippen molar-refractivity contribution in [2.45, 2.75) is 65.1 Å². The summed E-state index contributed by atoms with van der Waals surface area (Å²) in [5.74, 6) is 1.25. The Bertz CT molecular complexity index is 1010. The Balaban J connectivity index is 0.00000342. The molecule has 0 amide bonds. The van der Waals surface area contributed by atoms with Crippen molar-refractivity contribution in [2.75, 3.05) is 26.2 Å². The lowest BCUT2D eigenvalue weighted by molar-refractivity contribution is 0.0865. The summed E-state index contributed by atoms with van der Waals surface area (Å²) in [6.45, 7) is 12.2. The zero-order valence-corrected chi connectivity index (χ0v) is 22.8. The van der Waals surface area contributed by atoms with Crippen LogP contribution in [0, 0.1) is 5.92 Å². The summed E-state index contributed by atoms with van der Waals surface area (Å²) >= 11 is 3.49. The van der Waals surface area contributed by atoms with Gasteiger partial charge >= 0.3 is 0 Å². The van der Waals surface area contributed by atoms with Crippen LogP contribution >= 0.6 is 15.9 Å². The van der Waals surface area contributed by atoms with E-state index in [9.17, 15) is 0 Å². The molecule has 3 heterocycles. The smallest absolute Gasteiger partial charge is 0.223 e. The lowest BCUT2D eigenvalue weighted by Gasteiger charge is -2.33. The van der Waals surface area contributed by atoms with Crippen LogP contribution in [-0.2, 0) is 4.74 Å². The zero-order chi connectivity index (χ0) is 24.2. The summed E-state index contributed by atoms with van der Waals surface area (Å²) in [5.41, 5.74) is 11.6. The molecule has 1 saturated heterocycles.